The Morgan fingerprint density at radius 2 is 2.38 bits per heavy atom. The van der Waals surface area contributed by atoms with Crippen LogP contribution in [-0.4, -0.2) is 20.9 Å². The van der Waals surface area contributed by atoms with E-state index in [2.05, 4.69) is 5.10 Å². The molecular weight excluding hydrogens is 168 g/mol. The summed E-state index contributed by atoms with van der Waals surface area (Å²) in [7, 11) is 1.87. The van der Waals surface area contributed by atoms with E-state index in [4.69, 9.17) is 5.11 Å². The third-order valence-electron chi connectivity index (χ3n) is 2.71. The number of nitrogens with zero attached hydrogens (tertiary/aromatic N) is 2. The standard InChI is InChI=1S/C9H12N2O2/c1-5-8-6(9(12)13)3-4-7(8)11(2)10-5/h6H,3-4H2,1-2H3,(H,12,13). The molecule has 0 aliphatic heterocycles. The van der Waals surface area contributed by atoms with Crippen molar-refractivity contribution in [1.29, 1.82) is 0 Å². The van der Waals surface area contributed by atoms with Gasteiger partial charge in [0.05, 0.1) is 11.6 Å². The van der Waals surface area contributed by atoms with Gasteiger partial charge in [-0.1, -0.05) is 0 Å². The highest BCUT2D eigenvalue weighted by molar-refractivity contribution is 5.78. The smallest absolute Gasteiger partial charge is 0.311 e. The summed E-state index contributed by atoms with van der Waals surface area (Å²) < 4.78 is 1.80. The molecular formula is C9H12N2O2. The van der Waals surface area contributed by atoms with Gasteiger partial charge in [-0.3, -0.25) is 9.48 Å². The molecule has 0 aromatic carbocycles. The van der Waals surface area contributed by atoms with Crippen LogP contribution in [0.25, 0.3) is 0 Å². The van der Waals surface area contributed by atoms with E-state index in [0.29, 0.717) is 0 Å². The number of aromatic nitrogens is 2. The van der Waals surface area contributed by atoms with Gasteiger partial charge in [-0.15, -0.1) is 0 Å². The summed E-state index contributed by atoms with van der Waals surface area (Å²) in [5, 5.41) is 13.2. The van der Waals surface area contributed by atoms with Gasteiger partial charge in [-0.05, 0) is 19.8 Å². The quantitative estimate of drug-likeness (QED) is 0.696. The number of aryl methyl sites for hydroxylation is 2. The third kappa shape index (κ3) is 1.05. The lowest BCUT2D eigenvalue weighted by Gasteiger charge is -2.02. The molecule has 1 aromatic heterocycles. The Morgan fingerprint density at radius 1 is 1.69 bits per heavy atom. The molecule has 70 valence electrons. The number of carbonyl (C=O) groups is 1. The summed E-state index contributed by atoms with van der Waals surface area (Å²) in [6.45, 7) is 1.88. The van der Waals surface area contributed by atoms with Crippen LogP contribution in [0.1, 0.15) is 29.3 Å². The molecule has 1 heterocycles. The lowest BCUT2D eigenvalue weighted by Crippen LogP contribution is -2.08. The Bertz CT molecular complexity index is 368. The average molecular weight is 180 g/mol. The van der Waals surface area contributed by atoms with Crippen LogP contribution in [0, 0.1) is 6.92 Å². The van der Waals surface area contributed by atoms with Gasteiger partial charge in [0.25, 0.3) is 0 Å². The number of rotatable bonds is 1. The number of fused-ring (bicyclic) bond motifs is 1. The van der Waals surface area contributed by atoms with E-state index in [1.807, 2.05) is 14.0 Å². The van der Waals surface area contributed by atoms with Gasteiger partial charge in [0.2, 0.25) is 0 Å². The molecule has 4 heteroatoms. The van der Waals surface area contributed by atoms with Crippen molar-refractivity contribution < 1.29 is 9.90 Å². The molecule has 1 atom stereocenters. The van der Waals surface area contributed by atoms with E-state index >= 15 is 0 Å². The van der Waals surface area contributed by atoms with Gasteiger partial charge >= 0.3 is 5.97 Å². The first-order chi connectivity index (χ1) is 6.11. The van der Waals surface area contributed by atoms with Crippen molar-refractivity contribution in [2.24, 2.45) is 7.05 Å². The number of hydrogen-bond donors (Lipinski definition) is 1. The summed E-state index contributed by atoms with van der Waals surface area (Å²) in [6.07, 6.45) is 1.56. The fraction of sp³-hybridized carbons (Fsp3) is 0.556. The first-order valence-corrected chi connectivity index (χ1v) is 4.36. The molecule has 0 bridgehead atoms. The zero-order chi connectivity index (χ0) is 9.59. The van der Waals surface area contributed by atoms with Crippen LogP contribution in [0.5, 0.6) is 0 Å². The molecule has 0 radical (unpaired) electrons. The van der Waals surface area contributed by atoms with Crippen LogP contribution in [0.4, 0.5) is 0 Å². The summed E-state index contributed by atoms with van der Waals surface area (Å²) >= 11 is 0. The second kappa shape index (κ2) is 2.58. The Balaban J connectivity index is 2.52. The van der Waals surface area contributed by atoms with E-state index in [1.165, 1.54) is 0 Å². The van der Waals surface area contributed by atoms with Crippen molar-refractivity contribution in [3.8, 4) is 0 Å². The molecule has 0 saturated heterocycles. The Morgan fingerprint density at radius 3 is 3.00 bits per heavy atom. The zero-order valence-electron chi connectivity index (χ0n) is 7.74. The summed E-state index contributed by atoms with van der Waals surface area (Å²) in [5.74, 6) is -1.06. The van der Waals surface area contributed by atoms with Crippen molar-refractivity contribution in [2.75, 3.05) is 0 Å². The predicted molar refractivity (Wildman–Crippen MR) is 46.6 cm³/mol. The SMILES string of the molecule is Cc1nn(C)c2c1C(C(=O)O)CC2. The van der Waals surface area contributed by atoms with Gasteiger partial charge in [-0.25, -0.2) is 0 Å². The minimum absolute atomic E-state index is 0.330. The first-order valence-electron chi connectivity index (χ1n) is 4.36. The number of aliphatic carboxylic acids is 1. The second-order valence-electron chi connectivity index (χ2n) is 3.50. The second-order valence-corrected chi connectivity index (χ2v) is 3.50. The maximum atomic E-state index is 10.9. The van der Waals surface area contributed by atoms with Gasteiger partial charge < -0.3 is 5.11 Å². The van der Waals surface area contributed by atoms with E-state index in [1.54, 1.807) is 4.68 Å². The Labute approximate surface area is 76.2 Å². The molecule has 0 amide bonds. The highest BCUT2D eigenvalue weighted by Crippen LogP contribution is 2.34. The van der Waals surface area contributed by atoms with Gasteiger partial charge in [-0.2, -0.15) is 5.10 Å². The minimum Gasteiger partial charge on any atom is -0.481 e. The molecule has 1 aliphatic rings. The molecule has 1 N–H and O–H groups in total. The molecule has 0 fully saturated rings. The lowest BCUT2D eigenvalue weighted by molar-refractivity contribution is -0.138. The van der Waals surface area contributed by atoms with Crippen LogP contribution in [0.15, 0.2) is 0 Å². The maximum Gasteiger partial charge on any atom is 0.311 e. The van der Waals surface area contributed by atoms with Crippen molar-refractivity contribution >= 4 is 5.97 Å². The van der Waals surface area contributed by atoms with Gasteiger partial charge in [0, 0.05) is 18.3 Å². The third-order valence-corrected chi connectivity index (χ3v) is 2.71. The normalized spacial score (nSPS) is 20.3. The maximum absolute atomic E-state index is 10.9. The van der Waals surface area contributed by atoms with Crippen LogP contribution < -0.4 is 0 Å². The van der Waals surface area contributed by atoms with Crippen molar-refractivity contribution in [2.45, 2.75) is 25.7 Å². The molecule has 1 aromatic rings. The Kier molecular flexibility index (Phi) is 1.65. The predicted octanol–water partition coefficient (Wildman–Crippen LogP) is 0.843. The number of hydrogen-bond acceptors (Lipinski definition) is 2. The van der Waals surface area contributed by atoms with E-state index in [9.17, 15) is 4.79 Å². The van der Waals surface area contributed by atoms with Crippen molar-refractivity contribution in [3.63, 3.8) is 0 Å². The summed E-state index contributed by atoms with van der Waals surface area (Å²) in [4.78, 5) is 10.9. The summed E-state index contributed by atoms with van der Waals surface area (Å²) in [5.41, 5.74) is 2.89. The van der Waals surface area contributed by atoms with Crippen molar-refractivity contribution in [3.05, 3.63) is 17.0 Å². The highest BCUT2D eigenvalue weighted by atomic mass is 16.4. The molecule has 0 spiro atoms. The minimum atomic E-state index is -0.727. The molecule has 13 heavy (non-hydrogen) atoms. The lowest BCUT2D eigenvalue weighted by atomic mass is 10.0. The van der Waals surface area contributed by atoms with Gasteiger partial charge in [0.15, 0.2) is 0 Å². The highest BCUT2D eigenvalue weighted by Gasteiger charge is 2.33. The number of carboxylic acids is 1. The van der Waals surface area contributed by atoms with Crippen LogP contribution >= 0.6 is 0 Å². The molecule has 0 saturated carbocycles. The van der Waals surface area contributed by atoms with Crippen LogP contribution in [0.2, 0.25) is 0 Å². The molecule has 1 unspecified atom stereocenters. The Hall–Kier alpha value is -1.32. The van der Waals surface area contributed by atoms with Crippen molar-refractivity contribution in [1.82, 2.24) is 9.78 Å². The van der Waals surface area contributed by atoms with E-state index in [-0.39, 0.29) is 5.92 Å². The van der Waals surface area contributed by atoms with Crippen LogP contribution in [-0.2, 0) is 18.3 Å². The first kappa shape index (κ1) is 8.29. The summed E-state index contributed by atoms with van der Waals surface area (Å²) in [6, 6.07) is 0. The largest absolute Gasteiger partial charge is 0.481 e. The van der Waals surface area contributed by atoms with E-state index in [0.717, 1.165) is 29.8 Å². The fourth-order valence-corrected chi connectivity index (χ4v) is 2.14. The monoisotopic (exact) mass is 180 g/mol. The average Bonchev–Trinajstić information content (AvgIpc) is 2.55. The molecule has 1 aliphatic carbocycles. The van der Waals surface area contributed by atoms with Gasteiger partial charge in [0.1, 0.15) is 0 Å². The number of carboxylic acid groups (broad SMARTS) is 1. The zero-order valence-corrected chi connectivity index (χ0v) is 7.74. The van der Waals surface area contributed by atoms with E-state index < -0.39 is 5.97 Å². The van der Waals surface area contributed by atoms with Crippen LogP contribution in [0.3, 0.4) is 0 Å². The topological polar surface area (TPSA) is 55.1 Å². The fourth-order valence-electron chi connectivity index (χ4n) is 2.14. The molecule has 2 rings (SSSR count). The molecule has 4 nitrogen and oxygen atoms in total.